The van der Waals surface area contributed by atoms with Crippen LogP contribution in [0.2, 0.25) is 0 Å². The molecule has 1 atom stereocenters. The molecular formula is C20H27N3O3. The Bertz CT molecular complexity index is 785. The van der Waals surface area contributed by atoms with Gasteiger partial charge in [-0.05, 0) is 38.4 Å². The third-order valence-corrected chi connectivity index (χ3v) is 5.28. The molecule has 1 saturated heterocycles. The maximum atomic E-state index is 13.1. The van der Waals surface area contributed by atoms with Crippen LogP contribution in [0.25, 0.3) is 0 Å². The van der Waals surface area contributed by atoms with Gasteiger partial charge in [0.05, 0.1) is 26.0 Å². The maximum Gasteiger partial charge on any atom is 0.170 e. The lowest BCUT2D eigenvalue weighted by molar-refractivity contribution is 0.0808. The van der Waals surface area contributed by atoms with Gasteiger partial charge in [0.1, 0.15) is 11.5 Å². The number of benzene rings is 1. The van der Waals surface area contributed by atoms with Gasteiger partial charge in [-0.2, -0.15) is 5.10 Å². The lowest BCUT2D eigenvalue weighted by Gasteiger charge is -2.32. The topological polar surface area (TPSA) is 56.6 Å². The number of likely N-dealkylation sites (tertiary alicyclic amines) is 1. The Morgan fingerprint density at radius 2 is 2.12 bits per heavy atom. The minimum absolute atomic E-state index is 0.0111. The molecule has 3 rings (SSSR count). The zero-order chi connectivity index (χ0) is 18.7. The van der Waals surface area contributed by atoms with Gasteiger partial charge in [-0.15, -0.1) is 0 Å². The fourth-order valence-corrected chi connectivity index (χ4v) is 3.58. The van der Waals surface area contributed by atoms with Gasteiger partial charge in [-0.25, -0.2) is 0 Å². The van der Waals surface area contributed by atoms with Crippen LogP contribution in [0.1, 0.15) is 34.5 Å². The van der Waals surface area contributed by atoms with Crippen molar-refractivity contribution in [2.75, 3.05) is 27.3 Å². The van der Waals surface area contributed by atoms with Gasteiger partial charge in [0.15, 0.2) is 5.78 Å². The predicted octanol–water partition coefficient (Wildman–Crippen LogP) is 2.84. The van der Waals surface area contributed by atoms with Gasteiger partial charge >= 0.3 is 0 Å². The van der Waals surface area contributed by atoms with E-state index in [2.05, 4.69) is 16.9 Å². The number of methoxy groups -OCH3 is 2. The molecule has 0 N–H and O–H groups in total. The van der Waals surface area contributed by atoms with E-state index >= 15 is 0 Å². The van der Waals surface area contributed by atoms with E-state index in [4.69, 9.17) is 9.47 Å². The van der Waals surface area contributed by atoms with Crippen molar-refractivity contribution in [3.05, 3.63) is 41.2 Å². The van der Waals surface area contributed by atoms with Crippen molar-refractivity contribution in [2.45, 2.75) is 26.3 Å². The van der Waals surface area contributed by atoms with Crippen LogP contribution in [0, 0.1) is 12.8 Å². The van der Waals surface area contributed by atoms with E-state index < -0.39 is 0 Å². The third-order valence-electron chi connectivity index (χ3n) is 5.28. The highest BCUT2D eigenvalue weighted by Gasteiger charge is 2.29. The van der Waals surface area contributed by atoms with E-state index in [-0.39, 0.29) is 11.7 Å². The van der Waals surface area contributed by atoms with E-state index in [1.54, 1.807) is 20.3 Å². The molecule has 0 bridgehead atoms. The van der Waals surface area contributed by atoms with E-state index in [1.165, 1.54) is 11.3 Å². The molecule has 1 fully saturated rings. The fourth-order valence-electron chi connectivity index (χ4n) is 3.58. The first-order valence-corrected chi connectivity index (χ1v) is 8.99. The Kier molecular flexibility index (Phi) is 5.61. The molecule has 0 saturated carbocycles. The van der Waals surface area contributed by atoms with Gasteiger partial charge in [0.2, 0.25) is 0 Å². The van der Waals surface area contributed by atoms with Crippen LogP contribution in [-0.2, 0) is 13.6 Å². The van der Waals surface area contributed by atoms with Gasteiger partial charge in [0, 0.05) is 43.4 Å². The quantitative estimate of drug-likeness (QED) is 0.744. The zero-order valence-electron chi connectivity index (χ0n) is 16.0. The highest BCUT2D eigenvalue weighted by molar-refractivity contribution is 6.00. The number of Topliss-reactive ketones (excluding diaryl/α,β-unsaturated/α-hetero) is 1. The largest absolute Gasteiger partial charge is 0.497 e. The minimum atomic E-state index is -0.0111. The second-order valence-corrected chi connectivity index (χ2v) is 6.88. The molecule has 1 aliphatic heterocycles. The van der Waals surface area contributed by atoms with E-state index in [0.717, 1.165) is 32.5 Å². The van der Waals surface area contributed by atoms with Crippen LogP contribution in [0.3, 0.4) is 0 Å². The van der Waals surface area contributed by atoms with Gasteiger partial charge < -0.3 is 9.47 Å². The molecule has 0 amide bonds. The summed E-state index contributed by atoms with van der Waals surface area (Å²) < 4.78 is 12.5. The number of hydrogen-bond acceptors (Lipinski definition) is 5. The van der Waals surface area contributed by atoms with Crippen LogP contribution in [0.5, 0.6) is 11.5 Å². The van der Waals surface area contributed by atoms with Crippen molar-refractivity contribution in [1.29, 1.82) is 0 Å². The summed E-state index contributed by atoms with van der Waals surface area (Å²) in [5.41, 5.74) is 3.04. The summed E-state index contributed by atoms with van der Waals surface area (Å²) in [6, 6.07) is 5.40. The van der Waals surface area contributed by atoms with Gasteiger partial charge in [-0.3, -0.25) is 14.4 Å². The Morgan fingerprint density at radius 3 is 2.77 bits per heavy atom. The average Bonchev–Trinajstić information content (AvgIpc) is 2.99. The Labute approximate surface area is 154 Å². The summed E-state index contributed by atoms with van der Waals surface area (Å²) in [7, 11) is 5.15. The molecule has 140 valence electrons. The molecule has 0 aliphatic carbocycles. The second kappa shape index (κ2) is 7.91. The highest BCUT2D eigenvalue weighted by Crippen LogP contribution is 2.30. The number of nitrogens with zero attached hydrogens (tertiary/aromatic N) is 3. The first kappa shape index (κ1) is 18.5. The van der Waals surface area contributed by atoms with Crippen LogP contribution in [0.15, 0.2) is 24.4 Å². The maximum absolute atomic E-state index is 13.1. The lowest BCUT2D eigenvalue weighted by Crippen LogP contribution is -2.38. The Morgan fingerprint density at radius 1 is 1.31 bits per heavy atom. The molecule has 2 heterocycles. The summed E-state index contributed by atoms with van der Waals surface area (Å²) >= 11 is 0. The SMILES string of the molecule is COc1ccc(C(=O)[C@H]2CCCN(Cc3cnn(C)c3C)C2)c(OC)c1. The molecule has 0 radical (unpaired) electrons. The van der Waals surface area contributed by atoms with Crippen LogP contribution in [0.4, 0.5) is 0 Å². The number of carbonyl (C=O) groups is 1. The number of rotatable bonds is 6. The summed E-state index contributed by atoms with van der Waals surface area (Å²) in [4.78, 5) is 15.4. The standard InChI is InChI=1S/C20H27N3O3/c1-14-16(11-21-22(14)2)13-23-9-5-6-15(12-23)20(24)18-8-7-17(25-3)10-19(18)26-4/h7-8,10-11,15H,5-6,9,12-13H2,1-4H3/t15-/m0/s1. The summed E-state index contributed by atoms with van der Waals surface area (Å²) in [5.74, 6) is 1.41. The van der Waals surface area contributed by atoms with Crippen LogP contribution in [-0.4, -0.2) is 47.8 Å². The van der Waals surface area contributed by atoms with Crippen molar-refractivity contribution < 1.29 is 14.3 Å². The summed E-state index contributed by atoms with van der Waals surface area (Å²) in [6.45, 7) is 4.69. The molecule has 6 nitrogen and oxygen atoms in total. The predicted molar refractivity (Wildman–Crippen MR) is 99.8 cm³/mol. The molecule has 1 aromatic heterocycles. The number of carbonyl (C=O) groups excluding carboxylic acids is 1. The summed E-state index contributed by atoms with van der Waals surface area (Å²) in [5, 5.41) is 4.32. The van der Waals surface area contributed by atoms with Crippen LogP contribution < -0.4 is 9.47 Å². The van der Waals surface area contributed by atoms with Crippen molar-refractivity contribution in [2.24, 2.45) is 13.0 Å². The molecule has 0 unspecified atom stereocenters. The highest BCUT2D eigenvalue weighted by atomic mass is 16.5. The normalized spacial score (nSPS) is 17.9. The number of aryl methyl sites for hydroxylation is 1. The van der Waals surface area contributed by atoms with E-state index in [0.29, 0.717) is 17.1 Å². The molecule has 2 aromatic rings. The van der Waals surface area contributed by atoms with Gasteiger partial charge in [0.25, 0.3) is 0 Å². The number of aromatic nitrogens is 2. The lowest BCUT2D eigenvalue weighted by atomic mass is 9.89. The van der Waals surface area contributed by atoms with E-state index in [9.17, 15) is 4.79 Å². The van der Waals surface area contributed by atoms with Crippen LogP contribution >= 0.6 is 0 Å². The molecular weight excluding hydrogens is 330 g/mol. The van der Waals surface area contributed by atoms with Crippen molar-refractivity contribution in [3.63, 3.8) is 0 Å². The average molecular weight is 357 g/mol. The Hall–Kier alpha value is -2.34. The molecule has 6 heteroatoms. The monoisotopic (exact) mass is 357 g/mol. The number of hydrogen-bond donors (Lipinski definition) is 0. The number of piperidine rings is 1. The van der Waals surface area contributed by atoms with Gasteiger partial charge in [-0.1, -0.05) is 0 Å². The first-order chi connectivity index (χ1) is 12.5. The smallest absolute Gasteiger partial charge is 0.170 e. The second-order valence-electron chi connectivity index (χ2n) is 6.88. The van der Waals surface area contributed by atoms with E-state index in [1.807, 2.05) is 30.1 Å². The Balaban J connectivity index is 1.73. The first-order valence-electron chi connectivity index (χ1n) is 8.99. The number of ketones is 1. The molecule has 26 heavy (non-hydrogen) atoms. The van der Waals surface area contributed by atoms with Crippen molar-refractivity contribution in [1.82, 2.24) is 14.7 Å². The third kappa shape index (κ3) is 3.75. The molecule has 1 aromatic carbocycles. The minimum Gasteiger partial charge on any atom is -0.497 e. The molecule has 1 aliphatic rings. The fraction of sp³-hybridized carbons (Fsp3) is 0.500. The van der Waals surface area contributed by atoms with Crippen molar-refractivity contribution >= 4 is 5.78 Å². The number of ether oxygens (including phenoxy) is 2. The molecule has 0 spiro atoms. The van der Waals surface area contributed by atoms with Crippen molar-refractivity contribution in [3.8, 4) is 11.5 Å². The summed E-state index contributed by atoms with van der Waals surface area (Å²) in [6.07, 6.45) is 3.86. The zero-order valence-corrected chi connectivity index (χ0v) is 16.0.